The van der Waals surface area contributed by atoms with Crippen LogP contribution in [0.4, 0.5) is 5.69 Å². The minimum Gasteiger partial charge on any atom is -0.352 e. The third kappa shape index (κ3) is 4.83. The molecule has 3 aromatic heterocycles. The van der Waals surface area contributed by atoms with Crippen molar-refractivity contribution in [2.75, 3.05) is 18.0 Å². The van der Waals surface area contributed by atoms with Crippen molar-refractivity contribution in [1.82, 2.24) is 20.3 Å². The van der Waals surface area contributed by atoms with Gasteiger partial charge in [0.2, 0.25) is 11.8 Å². The van der Waals surface area contributed by atoms with Gasteiger partial charge in [-0.15, -0.1) is 0 Å². The Bertz CT molecular complexity index is 1530. The third-order valence-electron chi connectivity index (χ3n) is 7.07. The highest BCUT2D eigenvalue weighted by molar-refractivity contribution is 6.01. The topological polar surface area (TPSA) is 88.1 Å². The van der Waals surface area contributed by atoms with E-state index in [-0.39, 0.29) is 11.8 Å². The quantitative estimate of drug-likeness (QED) is 0.399. The maximum atomic E-state index is 12.9. The summed E-state index contributed by atoms with van der Waals surface area (Å²) in [5.74, 6) is 0.107. The van der Waals surface area contributed by atoms with Gasteiger partial charge in [0.25, 0.3) is 0 Å². The Labute approximate surface area is 221 Å². The van der Waals surface area contributed by atoms with Crippen LogP contribution in [0.25, 0.3) is 28.3 Å². The molecule has 4 aromatic rings. The van der Waals surface area contributed by atoms with Gasteiger partial charge in [-0.2, -0.15) is 0 Å². The van der Waals surface area contributed by atoms with Crippen LogP contribution in [0.1, 0.15) is 29.8 Å². The number of carbonyl (C=O) groups is 2. The van der Waals surface area contributed by atoms with Gasteiger partial charge in [-0.1, -0.05) is 18.2 Å². The van der Waals surface area contributed by atoms with E-state index >= 15 is 0 Å². The van der Waals surface area contributed by atoms with Crippen LogP contribution < -0.4 is 10.2 Å². The van der Waals surface area contributed by atoms with Gasteiger partial charge in [0.1, 0.15) is 0 Å². The molecule has 0 radical (unpaired) electrons. The molecule has 1 fully saturated rings. The fourth-order valence-electron chi connectivity index (χ4n) is 5.09. The molecule has 0 bridgehead atoms. The average Bonchev–Trinajstić information content (AvgIpc) is 3.60. The molecule has 0 saturated carbocycles. The van der Waals surface area contributed by atoms with Crippen LogP contribution in [-0.2, 0) is 22.4 Å². The number of carbonyl (C=O) groups excluding carboxylic acids is 2. The fourth-order valence-corrected chi connectivity index (χ4v) is 5.09. The van der Waals surface area contributed by atoms with Crippen LogP contribution in [0, 0.1) is 0 Å². The molecular weight excluding hydrogens is 474 g/mol. The molecule has 1 aromatic carbocycles. The van der Waals surface area contributed by atoms with E-state index in [0.29, 0.717) is 31.4 Å². The van der Waals surface area contributed by atoms with E-state index in [0.717, 1.165) is 57.9 Å². The second-order valence-corrected chi connectivity index (χ2v) is 9.55. The van der Waals surface area contributed by atoms with Crippen LogP contribution in [0.2, 0.25) is 0 Å². The standard InChI is InChI=1S/C31H27N5O2/c37-30-5-3-15-36(30)26-8-6-21(7-9-26)23-16-24(20-32-19-23)27-11-14-34-29-18-22(17-28(27)29)31(38)35-13-10-25-4-1-2-12-33-25/h1-2,4,6-9,11-12,14,16-17,19-20H,3,5,10,13,15,18H2,(H,35,38). The Kier molecular flexibility index (Phi) is 6.48. The number of pyridine rings is 3. The van der Waals surface area contributed by atoms with Gasteiger partial charge in [-0.05, 0) is 60.0 Å². The van der Waals surface area contributed by atoms with Crippen molar-refractivity contribution in [3.05, 3.63) is 102 Å². The van der Waals surface area contributed by atoms with E-state index in [1.807, 2.05) is 71.9 Å². The Hall–Kier alpha value is -4.65. The first-order valence-corrected chi connectivity index (χ1v) is 12.9. The fraction of sp³-hybridized carbons (Fsp3) is 0.194. The van der Waals surface area contributed by atoms with Gasteiger partial charge in [0.05, 0.1) is 5.69 Å². The molecule has 38 heavy (non-hydrogen) atoms. The lowest BCUT2D eigenvalue weighted by molar-refractivity contribution is -0.118. The molecule has 1 aliphatic carbocycles. The van der Waals surface area contributed by atoms with Gasteiger partial charge in [-0.3, -0.25) is 24.5 Å². The minimum atomic E-state index is -0.0756. The summed E-state index contributed by atoms with van der Waals surface area (Å²) in [5.41, 5.74) is 8.43. The Morgan fingerprint density at radius 1 is 0.947 bits per heavy atom. The highest BCUT2D eigenvalue weighted by Crippen LogP contribution is 2.34. The van der Waals surface area contributed by atoms with E-state index < -0.39 is 0 Å². The van der Waals surface area contributed by atoms with Crippen molar-refractivity contribution in [3.8, 4) is 22.3 Å². The van der Waals surface area contributed by atoms with Gasteiger partial charge in [0.15, 0.2) is 0 Å². The van der Waals surface area contributed by atoms with Crippen LogP contribution in [0.3, 0.4) is 0 Å². The molecule has 6 rings (SSSR count). The number of rotatable bonds is 7. The van der Waals surface area contributed by atoms with Gasteiger partial charge < -0.3 is 10.2 Å². The number of amides is 2. The maximum Gasteiger partial charge on any atom is 0.247 e. The number of nitrogens with one attached hydrogen (secondary N) is 1. The number of nitrogens with zero attached hydrogens (tertiary/aromatic N) is 4. The van der Waals surface area contributed by atoms with Crippen molar-refractivity contribution in [3.63, 3.8) is 0 Å². The smallest absolute Gasteiger partial charge is 0.247 e. The molecule has 2 amide bonds. The Balaban J connectivity index is 1.20. The SMILES string of the molecule is O=C(NCCc1ccccn1)C1=Cc2c(-c3cncc(-c4ccc(N5CCCC5=O)cc4)c3)ccnc2C1. The zero-order chi connectivity index (χ0) is 25.9. The van der Waals surface area contributed by atoms with Crippen molar-refractivity contribution < 1.29 is 9.59 Å². The van der Waals surface area contributed by atoms with Crippen LogP contribution in [0.15, 0.2) is 85.0 Å². The van der Waals surface area contributed by atoms with Gasteiger partial charge in [-0.25, -0.2) is 0 Å². The lowest BCUT2D eigenvalue weighted by atomic mass is 9.98. The van der Waals surface area contributed by atoms with E-state index in [1.54, 1.807) is 12.4 Å². The van der Waals surface area contributed by atoms with Crippen molar-refractivity contribution >= 4 is 23.6 Å². The minimum absolute atomic E-state index is 0.0756. The second-order valence-electron chi connectivity index (χ2n) is 9.55. The summed E-state index contributed by atoms with van der Waals surface area (Å²) >= 11 is 0. The van der Waals surface area contributed by atoms with Crippen LogP contribution in [0.5, 0.6) is 0 Å². The lowest BCUT2D eigenvalue weighted by Gasteiger charge is -2.16. The maximum absolute atomic E-state index is 12.9. The zero-order valence-corrected chi connectivity index (χ0v) is 20.9. The molecule has 7 heteroatoms. The van der Waals surface area contributed by atoms with Crippen molar-refractivity contribution in [2.45, 2.75) is 25.7 Å². The summed E-state index contributed by atoms with van der Waals surface area (Å²) in [6.07, 6.45) is 11.9. The van der Waals surface area contributed by atoms with Crippen molar-refractivity contribution in [1.29, 1.82) is 0 Å². The van der Waals surface area contributed by atoms with Crippen molar-refractivity contribution in [2.24, 2.45) is 0 Å². The molecule has 1 saturated heterocycles. The summed E-state index contributed by atoms with van der Waals surface area (Å²) in [4.78, 5) is 40.2. The van der Waals surface area contributed by atoms with E-state index in [4.69, 9.17) is 0 Å². The zero-order valence-electron chi connectivity index (χ0n) is 20.9. The molecular formula is C31H27N5O2. The Morgan fingerprint density at radius 2 is 1.82 bits per heavy atom. The lowest BCUT2D eigenvalue weighted by Crippen LogP contribution is -2.27. The first-order chi connectivity index (χ1) is 18.7. The average molecular weight is 502 g/mol. The monoisotopic (exact) mass is 501 g/mol. The third-order valence-corrected chi connectivity index (χ3v) is 7.07. The summed E-state index contributed by atoms with van der Waals surface area (Å²) in [7, 11) is 0. The molecule has 2 aliphatic rings. The summed E-state index contributed by atoms with van der Waals surface area (Å²) in [5, 5.41) is 3.01. The number of aromatic nitrogens is 3. The molecule has 1 aliphatic heterocycles. The highest BCUT2D eigenvalue weighted by atomic mass is 16.2. The first kappa shape index (κ1) is 23.7. The molecule has 1 N–H and O–H groups in total. The molecule has 7 nitrogen and oxygen atoms in total. The summed E-state index contributed by atoms with van der Waals surface area (Å²) in [6.45, 7) is 1.31. The molecule has 0 unspecified atom stereocenters. The molecule has 4 heterocycles. The Morgan fingerprint density at radius 3 is 2.61 bits per heavy atom. The normalized spacial score (nSPS) is 14.4. The summed E-state index contributed by atoms with van der Waals surface area (Å²) in [6, 6.07) is 17.9. The first-order valence-electron chi connectivity index (χ1n) is 12.9. The number of fused-ring (bicyclic) bond motifs is 1. The number of hydrogen-bond acceptors (Lipinski definition) is 5. The van der Waals surface area contributed by atoms with E-state index in [9.17, 15) is 9.59 Å². The molecule has 188 valence electrons. The number of anilines is 1. The number of hydrogen-bond donors (Lipinski definition) is 1. The van der Waals surface area contributed by atoms with Crippen LogP contribution >= 0.6 is 0 Å². The van der Waals surface area contributed by atoms with Gasteiger partial charge >= 0.3 is 0 Å². The molecule has 0 atom stereocenters. The largest absolute Gasteiger partial charge is 0.352 e. The predicted octanol–water partition coefficient (Wildman–Crippen LogP) is 4.63. The van der Waals surface area contributed by atoms with E-state index in [1.165, 1.54) is 0 Å². The van der Waals surface area contributed by atoms with E-state index in [2.05, 4.69) is 26.3 Å². The van der Waals surface area contributed by atoms with Crippen LogP contribution in [-0.4, -0.2) is 39.9 Å². The second kappa shape index (κ2) is 10.4. The predicted molar refractivity (Wildman–Crippen MR) is 147 cm³/mol. The molecule has 0 spiro atoms. The highest BCUT2D eigenvalue weighted by Gasteiger charge is 2.23. The summed E-state index contributed by atoms with van der Waals surface area (Å²) < 4.78 is 0. The van der Waals surface area contributed by atoms with Gasteiger partial charge in [0, 0.05) is 90.8 Å². The number of benzene rings is 1.